The van der Waals surface area contributed by atoms with Gasteiger partial charge in [0, 0.05) is 13.1 Å². The van der Waals surface area contributed by atoms with Crippen molar-refractivity contribution < 1.29 is 9.53 Å². The summed E-state index contributed by atoms with van der Waals surface area (Å²) in [5.41, 5.74) is -0.0967. The van der Waals surface area contributed by atoms with Gasteiger partial charge in [-0.15, -0.1) is 0 Å². The van der Waals surface area contributed by atoms with E-state index in [9.17, 15) is 4.79 Å². The number of hydrogen-bond donors (Lipinski definition) is 1. The fraction of sp³-hybridized carbons (Fsp3) is 0.917. The standard InChI is InChI=1S/C12H22N2O2/c1-3-7-14-11(15)16-9-12(14,2)10-5-4-6-13-8-10/h10,13H,3-9H2,1-2H3. The molecule has 2 unspecified atom stereocenters. The average Bonchev–Trinajstić information content (AvgIpc) is 2.60. The van der Waals surface area contributed by atoms with Crippen LogP contribution >= 0.6 is 0 Å². The third-order valence-corrected chi connectivity index (χ3v) is 3.95. The lowest BCUT2D eigenvalue weighted by Gasteiger charge is -2.41. The van der Waals surface area contributed by atoms with E-state index >= 15 is 0 Å². The first-order valence-electron chi connectivity index (χ1n) is 6.33. The number of ether oxygens (including phenoxy) is 1. The van der Waals surface area contributed by atoms with E-state index in [1.165, 1.54) is 12.8 Å². The summed E-state index contributed by atoms with van der Waals surface area (Å²) in [6, 6.07) is 0. The second-order valence-electron chi connectivity index (χ2n) is 5.11. The number of hydrogen-bond acceptors (Lipinski definition) is 3. The van der Waals surface area contributed by atoms with Crippen LogP contribution in [0.5, 0.6) is 0 Å². The van der Waals surface area contributed by atoms with E-state index < -0.39 is 0 Å². The third kappa shape index (κ3) is 1.90. The van der Waals surface area contributed by atoms with Gasteiger partial charge in [-0.25, -0.2) is 4.79 Å². The van der Waals surface area contributed by atoms with Crippen molar-refractivity contribution in [1.29, 1.82) is 0 Å². The molecule has 0 bridgehead atoms. The summed E-state index contributed by atoms with van der Waals surface area (Å²) in [6.07, 6.45) is 3.26. The molecule has 2 fully saturated rings. The number of amides is 1. The maximum Gasteiger partial charge on any atom is 0.410 e. The Hall–Kier alpha value is -0.770. The molecule has 2 aliphatic heterocycles. The van der Waals surface area contributed by atoms with Crippen molar-refractivity contribution >= 4 is 6.09 Å². The van der Waals surface area contributed by atoms with E-state index in [0.29, 0.717) is 12.5 Å². The van der Waals surface area contributed by atoms with Crippen LogP contribution in [-0.2, 0) is 4.74 Å². The van der Waals surface area contributed by atoms with Crippen molar-refractivity contribution in [1.82, 2.24) is 10.2 Å². The molecule has 2 heterocycles. The largest absolute Gasteiger partial charge is 0.447 e. The topological polar surface area (TPSA) is 41.6 Å². The molecule has 2 rings (SSSR count). The van der Waals surface area contributed by atoms with Crippen LogP contribution in [0.4, 0.5) is 4.79 Å². The molecule has 0 aromatic heterocycles. The highest BCUT2D eigenvalue weighted by atomic mass is 16.6. The van der Waals surface area contributed by atoms with Gasteiger partial charge in [-0.05, 0) is 38.6 Å². The molecule has 1 amide bonds. The van der Waals surface area contributed by atoms with Crippen LogP contribution in [0.1, 0.15) is 33.1 Å². The first kappa shape index (κ1) is 11.7. The minimum atomic E-state index is -0.130. The molecule has 0 saturated carbocycles. The van der Waals surface area contributed by atoms with Crippen LogP contribution < -0.4 is 5.32 Å². The van der Waals surface area contributed by atoms with Crippen LogP contribution in [-0.4, -0.2) is 42.8 Å². The molecule has 2 aliphatic rings. The number of nitrogens with zero attached hydrogens (tertiary/aromatic N) is 1. The van der Waals surface area contributed by atoms with Crippen molar-refractivity contribution in [3.05, 3.63) is 0 Å². The molecule has 0 radical (unpaired) electrons. The molecule has 0 aliphatic carbocycles. The van der Waals surface area contributed by atoms with E-state index in [-0.39, 0.29) is 11.6 Å². The predicted octanol–water partition coefficient (Wildman–Crippen LogP) is 1.61. The van der Waals surface area contributed by atoms with Gasteiger partial charge in [0.15, 0.2) is 0 Å². The Kier molecular flexibility index (Phi) is 3.38. The van der Waals surface area contributed by atoms with Crippen LogP contribution in [0.25, 0.3) is 0 Å². The first-order chi connectivity index (χ1) is 7.68. The molecule has 0 spiro atoms. The van der Waals surface area contributed by atoms with Crippen molar-refractivity contribution in [3.8, 4) is 0 Å². The lowest BCUT2D eigenvalue weighted by molar-refractivity contribution is 0.0972. The number of nitrogens with one attached hydrogen (secondary N) is 1. The summed E-state index contributed by atoms with van der Waals surface area (Å²) in [7, 11) is 0. The molecule has 0 aromatic rings. The Morgan fingerprint density at radius 1 is 1.62 bits per heavy atom. The molecule has 92 valence electrons. The van der Waals surface area contributed by atoms with Gasteiger partial charge in [-0.2, -0.15) is 0 Å². The average molecular weight is 226 g/mol. The summed E-state index contributed by atoms with van der Waals surface area (Å²) in [5, 5.41) is 3.42. The number of carbonyl (C=O) groups is 1. The molecular formula is C12H22N2O2. The quantitative estimate of drug-likeness (QED) is 0.795. The minimum Gasteiger partial charge on any atom is -0.447 e. The molecule has 2 saturated heterocycles. The van der Waals surface area contributed by atoms with Gasteiger partial charge in [-0.1, -0.05) is 6.92 Å². The van der Waals surface area contributed by atoms with Crippen molar-refractivity contribution in [3.63, 3.8) is 0 Å². The maximum absolute atomic E-state index is 11.7. The van der Waals surface area contributed by atoms with Gasteiger partial charge in [0.1, 0.15) is 6.61 Å². The molecule has 4 heteroatoms. The van der Waals surface area contributed by atoms with E-state index in [4.69, 9.17) is 4.74 Å². The number of cyclic esters (lactones) is 1. The van der Waals surface area contributed by atoms with Crippen molar-refractivity contribution in [2.75, 3.05) is 26.2 Å². The van der Waals surface area contributed by atoms with E-state index in [0.717, 1.165) is 26.1 Å². The predicted molar refractivity (Wildman–Crippen MR) is 62.3 cm³/mol. The number of carbonyl (C=O) groups excluding carboxylic acids is 1. The van der Waals surface area contributed by atoms with E-state index in [1.54, 1.807) is 0 Å². The second-order valence-corrected chi connectivity index (χ2v) is 5.11. The molecular weight excluding hydrogens is 204 g/mol. The Labute approximate surface area is 97.3 Å². The highest BCUT2D eigenvalue weighted by molar-refractivity contribution is 5.71. The zero-order valence-electron chi connectivity index (χ0n) is 10.3. The molecule has 0 aromatic carbocycles. The monoisotopic (exact) mass is 226 g/mol. The van der Waals surface area contributed by atoms with Crippen LogP contribution in [0.15, 0.2) is 0 Å². The third-order valence-electron chi connectivity index (χ3n) is 3.95. The zero-order valence-corrected chi connectivity index (χ0v) is 10.3. The zero-order chi connectivity index (χ0) is 11.6. The van der Waals surface area contributed by atoms with Crippen LogP contribution in [0, 0.1) is 5.92 Å². The Balaban J connectivity index is 2.11. The molecule has 1 N–H and O–H groups in total. The van der Waals surface area contributed by atoms with Gasteiger partial charge >= 0.3 is 6.09 Å². The van der Waals surface area contributed by atoms with Crippen LogP contribution in [0.3, 0.4) is 0 Å². The molecule has 2 atom stereocenters. The summed E-state index contributed by atoms with van der Waals surface area (Å²) < 4.78 is 5.25. The lowest BCUT2D eigenvalue weighted by atomic mass is 9.80. The number of piperidine rings is 1. The van der Waals surface area contributed by atoms with Gasteiger partial charge < -0.3 is 10.1 Å². The summed E-state index contributed by atoms with van der Waals surface area (Å²) >= 11 is 0. The fourth-order valence-corrected chi connectivity index (χ4v) is 2.86. The van der Waals surface area contributed by atoms with Gasteiger partial charge in [0.25, 0.3) is 0 Å². The summed E-state index contributed by atoms with van der Waals surface area (Å²) in [5.74, 6) is 0.527. The second kappa shape index (κ2) is 4.62. The lowest BCUT2D eigenvalue weighted by Crippen LogP contribution is -2.54. The highest BCUT2D eigenvalue weighted by Crippen LogP contribution is 2.35. The van der Waals surface area contributed by atoms with Crippen LogP contribution in [0.2, 0.25) is 0 Å². The van der Waals surface area contributed by atoms with Gasteiger partial charge in [0.05, 0.1) is 5.54 Å². The summed E-state index contributed by atoms with van der Waals surface area (Å²) in [6.45, 7) is 7.75. The Bertz CT molecular complexity index is 264. The van der Waals surface area contributed by atoms with Gasteiger partial charge in [-0.3, -0.25) is 4.90 Å². The van der Waals surface area contributed by atoms with E-state index in [1.807, 2.05) is 4.90 Å². The molecule has 16 heavy (non-hydrogen) atoms. The molecule has 4 nitrogen and oxygen atoms in total. The SMILES string of the molecule is CCCN1C(=O)OCC1(C)C1CCCNC1. The van der Waals surface area contributed by atoms with Gasteiger partial charge in [0.2, 0.25) is 0 Å². The maximum atomic E-state index is 11.7. The highest BCUT2D eigenvalue weighted by Gasteiger charge is 2.48. The fourth-order valence-electron chi connectivity index (χ4n) is 2.86. The normalized spacial score (nSPS) is 35.2. The Morgan fingerprint density at radius 3 is 3.06 bits per heavy atom. The summed E-state index contributed by atoms with van der Waals surface area (Å²) in [4.78, 5) is 13.6. The smallest absolute Gasteiger partial charge is 0.410 e. The van der Waals surface area contributed by atoms with E-state index in [2.05, 4.69) is 19.2 Å². The number of rotatable bonds is 3. The Morgan fingerprint density at radius 2 is 2.44 bits per heavy atom. The van der Waals surface area contributed by atoms with Crippen molar-refractivity contribution in [2.24, 2.45) is 5.92 Å². The minimum absolute atomic E-state index is 0.0967. The first-order valence-corrected chi connectivity index (χ1v) is 6.33. The van der Waals surface area contributed by atoms with Crippen molar-refractivity contribution in [2.45, 2.75) is 38.6 Å².